The first kappa shape index (κ1) is 27.0. The molecule has 2 aliphatic rings. The number of amides is 2. The number of rotatable bonds is 14. The van der Waals surface area contributed by atoms with Crippen LogP contribution < -0.4 is 0 Å². The Morgan fingerprint density at radius 2 is 1.42 bits per heavy atom. The molecule has 0 aromatic rings. The molecule has 0 bridgehead atoms. The van der Waals surface area contributed by atoms with E-state index in [9.17, 15) is 24.0 Å². The molecule has 1 N–H and O–H groups in total. The molecule has 0 radical (unpaired) electrons. The van der Waals surface area contributed by atoms with Crippen LogP contribution in [0.5, 0.6) is 0 Å². The Morgan fingerprint density at radius 3 is 1.97 bits per heavy atom. The number of hydrogen-bond acceptors (Lipinski definition) is 12. The number of Topliss-reactive ketones (excluding diaryl/α,β-unsaturated/α-hetero) is 1. The van der Waals surface area contributed by atoms with Crippen LogP contribution in [0.25, 0.3) is 0 Å². The molecule has 1 saturated heterocycles. The second kappa shape index (κ2) is 14.1. The van der Waals surface area contributed by atoms with Gasteiger partial charge in [0.1, 0.15) is 19.0 Å². The third-order valence-electron chi connectivity index (χ3n) is 4.66. The van der Waals surface area contributed by atoms with Crippen molar-refractivity contribution in [2.75, 3.05) is 51.1 Å². The summed E-state index contributed by atoms with van der Waals surface area (Å²) in [6.07, 6.45) is 1.40. The molecule has 0 spiro atoms. The molecule has 33 heavy (non-hydrogen) atoms. The minimum absolute atomic E-state index is 0.000606. The van der Waals surface area contributed by atoms with Gasteiger partial charge in [-0.15, -0.1) is 0 Å². The van der Waals surface area contributed by atoms with E-state index in [0.29, 0.717) is 17.9 Å². The zero-order valence-electron chi connectivity index (χ0n) is 18.0. The molecule has 2 heterocycles. The topological polar surface area (TPSA) is 146 Å². The molecule has 184 valence electrons. The standard InChI is InChI=1S/C20H27NO10S2/c22-8-2-10-29-19(27)31-12-20(13-32-33-14-20)11-30-18(26)28-9-1-3-15(23)6-7-21-16(24)4-5-17(21)25/h4-5,22H,1-3,6-14H2. The average Bonchev–Trinajstić information content (AvgIpc) is 3.39. The summed E-state index contributed by atoms with van der Waals surface area (Å²) in [5.41, 5.74) is -0.556. The van der Waals surface area contributed by atoms with Crippen LogP contribution in [0.15, 0.2) is 12.2 Å². The highest BCUT2D eigenvalue weighted by Gasteiger charge is 2.39. The molecule has 2 rings (SSSR count). The predicted octanol–water partition coefficient (Wildman–Crippen LogP) is 1.72. The summed E-state index contributed by atoms with van der Waals surface area (Å²) in [5.74, 6) is 0.211. The molecule has 11 nitrogen and oxygen atoms in total. The Bertz CT molecular complexity index is 733. The fraction of sp³-hybridized carbons (Fsp3) is 0.650. The van der Waals surface area contributed by atoms with E-state index >= 15 is 0 Å². The normalized spacial score (nSPS) is 16.7. The summed E-state index contributed by atoms with van der Waals surface area (Å²) >= 11 is 0. The Labute approximate surface area is 198 Å². The molecule has 1 fully saturated rings. The van der Waals surface area contributed by atoms with Crippen LogP contribution in [-0.4, -0.2) is 91.0 Å². The summed E-state index contributed by atoms with van der Waals surface area (Å²) in [4.78, 5) is 59.2. The van der Waals surface area contributed by atoms with Crippen LogP contribution in [0, 0.1) is 5.41 Å². The second-order valence-electron chi connectivity index (χ2n) is 7.43. The van der Waals surface area contributed by atoms with Gasteiger partial charge in [-0.1, -0.05) is 21.6 Å². The van der Waals surface area contributed by atoms with Gasteiger partial charge in [-0.05, 0) is 6.42 Å². The number of nitrogens with zero attached hydrogens (tertiary/aromatic N) is 1. The van der Waals surface area contributed by atoms with Gasteiger partial charge >= 0.3 is 12.3 Å². The first-order valence-electron chi connectivity index (χ1n) is 10.3. The number of carbonyl (C=O) groups excluding carboxylic acids is 5. The smallest absolute Gasteiger partial charge is 0.434 e. The van der Waals surface area contributed by atoms with Crippen molar-refractivity contribution in [2.45, 2.75) is 25.7 Å². The van der Waals surface area contributed by atoms with Gasteiger partial charge in [-0.25, -0.2) is 9.59 Å². The third kappa shape index (κ3) is 9.64. The highest BCUT2D eigenvalue weighted by atomic mass is 33.1. The number of carbonyl (C=O) groups is 5. The van der Waals surface area contributed by atoms with E-state index in [0.717, 1.165) is 17.1 Å². The molecule has 13 heteroatoms. The van der Waals surface area contributed by atoms with E-state index in [1.54, 1.807) is 21.6 Å². The highest BCUT2D eigenvalue weighted by molar-refractivity contribution is 8.77. The van der Waals surface area contributed by atoms with Gasteiger partial charge in [0.05, 0.1) is 18.6 Å². The van der Waals surface area contributed by atoms with Crippen LogP contribution in [0.1, 0.15) is 25.7 Å². The van der Waals surface area contributed by atoms with Crippen molar-refractivity contribution in [3.05, 3.63) is 12.2 Å². The fourth-order valence-corrected chi connectivity index (χ4v) is 6.08. The first-order chi connectivity index (χ1) is 15.8. The lowest BCUT2D eigenvalue weighted by atomic mass is 9.95. The van der Waals surface area contributed by atoms with Crippen molar-refractivity contribution < 1.29 is 48.0 Å². The maximum absolute atomic E-state index is 11.9. The number of aliphatic hydroxyl groups is 1. The first-order valence-corrected chi connectivity index (χ1v) is 12.8. The van der Waals surface area contributed by atoms with Crippen molar-refractivity contribution in [1.29, 1.82) is 0 Å². The van der Waals surface area contributed by atoms with Crippen molar-refractivity contribution in [3.8, 4) is 0 Å². The Kier molecular flexibility index (Phi) is 11.5. The second-order valence-corrected chi connectivity index (χ2v) is 9.89. The summed E-state index contributed by atoms with van der Waals surface area (Å²) in [6.45, 7) is 0.000154. The van der Waals surface area contributed by atoms with E-state index in [1.165, 1.54) is 0 Å². The SMILES string of the molecule is O=C(CCCOC(=O)OCC1(COC(=O)OCCCO)CSSC1)CCN1C(=O)C=CC1=O. The fourth-order valence-electron chi connectivity index (χ4n) is 2.75. The van der Waals surface area contributed by atoms with Crippen molar-refractivity contribution in [1.82, 2.24) is 4.90 Å². The van der Waals surface area contributed by atoms with Crippen molar-refractivity contribution in [2.24, 2.45) is 5.41 Å². The van der Waals surface area contributed by atoms with E-state index in [2.05, 4.69) is 0 Å². The van der Waals surface area contributed by atoms with Crippen LogP contribution >= 0.6 is 21.6 Å². The summed E-state index contributed by atoms with van der Waals surface area (Å²) in [6, 6.07) is 0. The maximum atomic E-state index is 11.9. The van der Waals surface area contributed by atoms with Gasteiger partial charge < -0.3 is 24.1 Å². The molecule has 0 aromatic carbocycles. The van der Waals surface area contributed by atoms with E-state index in [-0.39, 0.29) is 64.6 Å². The van der Waals surface area contributed by atoms with Crippen LogP contribution in [0.4, 0.5) is 9.59 Å². The number of ketones is 1. The predicted molar refractivity (Wildman–Crippen MR) is 118 cm³/mol. The molecular formula is C20H27NO10S2. The zero-order valence-corrected chi connectivity index (χ0v) is 19.7. The van der Waals surface area contributed by atoms with Gasteiger partial charge in [0.2, 0.25) is 0 Å². The van der Waals surface area contributed by atoms with Gasteiger partial charge in [0.15, 0.2) is 0 Å². The van der Waals surface area contributed by atoms with Crippen molar-refractivity contribution >= 4 is 51.5 Å². The van der Waals surface area contributed by atoms with Gasteiger partial charge in [0.25, 0.3) is 11.8 Å². The molecule has 0 unspecified atom stereocenters. The third-order valence-corrected chi connectivity index (χ3v) is 7.50. The van der Waals surface area contributed by atoms with Gasteiger partial charge in [0, 0.05) is 56.1 Å². The molecule has 0 atom stereocenters. The van der Waals surface area contributed by atoms with E-state index in [1.807, 2.05) is 0 Å². The minimum Gasteiger partial charge on any atom is -0.434 e. The molecule has 2 aliphatic heterocycles. The molecule has 2 amide bonds. The van der Waals surface area contributed by atoms with E-state index in [4.69, 9.17) is 24.1 Å². The Hall–Kier alpha value is -2.25. The van der Waals surface area contributed by atoms with Crippen molar-refractivity contribution in [3.63, 3.8) is 0 Å². The lowest BCUT2D eigenvalue weighted by Crippen LogP contribution is -2.37. The van der Waals surface area contributed by atoms with Crippen LogP contribution in [-0.2, 0) is 33.3 Å². The number of hydrogen-bond donors (Lipinski definition) is 1. The number of aliphatic hydroxyl groups excluding tert-OH is 1. The number of ether oxygens (including phenoxy) is 4. The largest absolute Gasteiger partial charge is 0.508 e. The highest BCUT2D eigenvalue weighted by Crippen LogP contribution is 2.43. The Balaban J connectivity index is 1.59. The lowest BCUT2D eigenvalue weighted by molar-refractivity contribution is -0.137. The summed E-state index contributed by atoms with van der Waals surface area (Å²) < 4.78 is 20.1. The van der Waals surface area contributed by atoms with Crippen LogP contribution in [0.3, 0.4) is 0 Å². The molecule has 0 aromatic heterocycles. The monoisotopic (exact) mass is 505 g/mol. The van der Waals surface area contributed by atoms with Crippen LogP contribution in [0.2, 0.25) is 0 Å². The maximum Gasteiger partial charge on any atom is 0.508 e. The molecular weight excluding hydrogens is 478 g/mol. The zero-order chi connectivity index (χ0) is 24.1. The molecule has 0 aliphatic carbocycles. The van der Waals surface area contributed by atoms with E-state index < -0.39 is 29.5 Å². The van der Waals surface area contributed by atoms with Gasteiger partial charge in [-0.3, -0.25) is 19.3 Å². The summed E-state index contributed by atoms with van der Waals surface area (Å²) in [5, 5.41) is 8.69. The molecule has 0 saturated carbocycles. The lowest BCUT2D eigenvalue weighted by Gasteiger charge is -2.25. The minimum atomic E-state index is -0.881. The average molecular weight is 506 g/mol. The number of imide groups is 1. The summed E-state index contributed by atoms with van der Waals surface area (Å²) in [7, 11) is 3.15. The van der Waals surface area contributed by atoms with Gasteiger partial charge in [-0.2, -0.15) is 0 Å². The Morgan fingerprint density at radius 1 is 0.879 bits per heavy atom. The quantitative estimate of drug-likeness (QED) is 0.159.